The van der Waals surface area contributed by atoms with Gasteiger partial charge in [0.15, 0.2) is 5.13 Å². The molecule has 0 unspecified atom stereocenters. The van der Waals surface area contributed by atoms with Gasteiger partial charge in [-0.3, -0.25) is 0 Å². The van der Waals surface area contributed by atoms with E-state index in [9.17, 15) is 0 Å². The molecule has 0 saturated heterocycles. The maximum atomic E-state index is 5.42. The van der Waals surface area contributed by atoms with Crippen LogP contribution in [0.25, 0.3) is 6.08 Å². The summed E-state index contributed by atoms with van der Waals surface area (Å²) in [5, 5.41) is 2.58. The number of nitrogens with two attached hydrogens (primary N) is 1. The standard InChI is InChI=1S/C7H10N2S/c1-2-3-4-6-5-10-7(8)9-6/h3-5H,2H2,1H3,(H2,8,9)/b4-3+. The second kappa shape index (κ2) is 3.37. The average molecular weight is 154 g/mol. The predicted molar refractivity (Wildman–Crippen MR) is 45.9 cm³/mol. The summed E-state index contributed by atoms with van der Waals surface area (Å²) >= 11 is 1.47. The van der Waals surface area contributed by atoms with Crippen molar-refractivity contribution in [1.82, 2.24) is 4.98 Å². The molecule has 0 fully saturated rings. The molecular formula is C7H10N2S. The SMILES string of the molecule is CC/C=C/c1csc(N)n1. The zero-order chi connectivity index (χ0) is 7.40. The third-order valence-corrected chi connectivity index (χ3v) is 1.76. The summed E-state index contributed by atoms with van der Waals surface area (Å²) in [4.78, 5) is 4.06. The molecule has 0 aliphatic rings. The summed E-state index contributed by atoms with van der Waals surface area (Å²) in [6, 6.07) is 0. The number of nitrogens with zero attached hydrogens (tertiary/aromatic N) is 1. The van der Waals surface area contributed by atoms with Crippen LogP contribution in [0.1, 0.15) is 19.0 Å². The molecule has 54 valence electrons. The Morgan fingerprint density at radius 1 is 1.80 bits per heavy atom. The minimum Gasteiger partial charge on any atom is -0.375 e. The van der Waals surface area contributed by atoms with Gasteiger partial charge in [0.1, 0.15) is 0 Å². The summed E-state index contributed by atoms with van der Waals surface area (Å²) in [6.45, 7) is 2.09. The third kappa shape index (κ3) is 1.84. The molecule has 2 N–H and O–H groups in total. The van der Waals surface area contributed by atoms with Crippen LogP contribution >= 0.6 is 11.3 Å². The first-order valence-electron chi connectivity index (χ1n) is 3.20. The summed E-state index contributed by atoms with van der Waals surface area (Å²) < 4.78 is 0. The Kier molecular flexibility index (Phi) is 2.45. The Morgan fingerprint density at radius 3 is 3.10 bits per heavy atom. The van der Waals surface area contributed by atoms with E-state index in [-0.39, 0.29) is 0 Å². The second-order valence-corrected chi connectivity index (χ2v) is 2.81. The number of nitrogen functional groups attached to an aromatic ring is 1. The molecule has 0 aromatic carbocycles. The molecule has 0 amide bonds. The van der Waals surface area contributed by atoms with Crippen LogP contribution in [0.5, 0.6) is 0 Å². The van der Waals surface area contributed by atoms with E-state index in [2.05, 4.69) is 18.0 Å². The minimum absolute atomic E-state index is 0.635. The van der Waals surface area contributed by atoms with E-state index in [1.54, 1.807) is 0 Å². The highest BCUT2D eigenvalue weighted by atomic mass is 32.1. The molecule has 1 heterocycles. The first-order valence-corrected chi connectivity index (χ1v) is 4.08. The van der Waals surface area contributed by atoms with Crippen LogP contribution in [0.15, 0.2) is 11.5 Å². The van der Waals surface area contributed by atoms with Gasteiger partial charge in [0.25, 0.3) is 0 Å². The van der Waals surface area contributed by atoms with Gasteiger partial charge in [0, 0.05) is 5.38 Å². The number of anilines is 1. The summed E-state index contributed by atoms with van der Waals surface area (Å²) in [5.74, 6) is 0. The molecule has 0 spiro atoms. The Balaban J connectivity index is 2.67. The van der Waals surface area contributed by atoms with E-state index in [0.717, 1.165) is 12.1 Å². The fourth-order valence-corrected chi connectivity index (χ4v) is 1.15. The highest BCUT2D eigenvalue weighted by Crippen LogP contribution is 2.11. The van der Waals surface area contributed by atoms with Gasteiger partial charge in [0.05, 0.1) is 5.69 Å². The third-order valence-electron chi connectivity index (χ3n) is 1.06. The van der Waals surface area contributed by atoms with Gasteiger partial charge < -0.3 is 5.73 Å². The Hall–Kier alpha value is -0.830. The quantitative estimate of drug-likeness (QED) is 0.708. The average Bonchev–Trinajstić information content (AvgIpc) is 2.31. The Morgan fingerprint density at radius 2 is 2.60 bits per heavy atom. The van der Waals surface area contributed by atoms with Gasteiger partial charge in [-0.05, 0) is 12.5 Å². The van der Waals surface area contributed by atoms with Crippen molar-refractivity contribution in [3.8, 4) is 0 Å². The van der Waals surface area contributed by atoms with Gasteiger partial charge in [-0.1, -0.05) is 13.0 Å². The minimum atomic E-state index is 0.635. The van der Waals surface area contributed by atoms with Crippen molar-refractivity contribution in [3.05, 3.63) is 17.2 Å². The van der Waals surface area contributed by atoms with Crippen molar-refractivity contribution in [2.45, 2.75) is 13.3 Å². The van der Waals surface area contributed by atoms with E-state index in [4.69, 9.17) is 5.73 Å². The second-order valence-electron chi connectivity index (χ2n) is 1.92. The molecule has 10 heavy (non-hydrogen) atoms. The van der Waals surface area contributed by atoms with Crippen molar-refractivity contribution < 1.29 is 0 Å². The van der Waals surface area contributed by atoms with Crippen molar-refractivity contribution in [1.29, 1.82) is 0 Å². The fraction of sp³-hybridized carbons (Fsp3) is 0.286. The topological polar surface area (TPSA) is 38.9 Å². The molecule has 1 aromatic heterocycles. The molecule has 2 nitrogen and oxygen atoms in total. The van der Waals surface area contributed by atoms with Crippen LogP contribution < -0.4 is 5.73 Å². The lowest BCUT2D eigenvalue weighted by Gasteiger charge is -1.79. The van der Waals surface area contributed by atoms with Crippen LogP contribution in [0, 0.1) is 0 Å². The van der Waals surface area contributed by atoms with Crippen molar-refractivity contribution >= 4 is 22.5 Å². The van der Waals surface area contributed by atoms with Crippen molar-refractivity contribution in [2.24, 2.45) is 0 Å². The molecule has 0 saturated carbocycles. The van der Waals surface area contributed by atoms with E-state index in [1.807, 2.05) is 11.5 Å². The van der Waals surface area contributed by atoms with Gasteiger partial charge in [-0.25, -0.2) is 4.98 Å². The lowest BCUT2D eigenvalue weighted by molar-refractivity contribution is 1.23. The molecule has 0 aliphatic heterocycles. The van der Waals surface area contributed by atoms with Crippen molar-refractivity contribution in [2.75, 3.05) is 5.73 Å². The monoisotopic (exact) mass is 154 g/mol. The van der Waals surface area contributed by atoms with Crippen LogP contribution in [-0.2, 0) is 0 Å². The number of hydrogen-bond acceptors (Lipinski definition) is 3. The van der Waals surface area contributed by atoms with Crippen LogP contribution in [0.4, 0.5) is 5.13 Å². The molecule has 3 heteroatoms. The fourth-order valence-electron chi connectivity index (χ4n) is 0.616. The first-order chi connectivity index (χ1) is 4.83. The number of thiazole rings is 1. The smallest absolute Gasteiger partial charge is 0.180 e. The lowest BCUT2D eigenvalue weighted by Crippen LogP contribution is -1.80. The Bertz CT molecular complexity index is 227. The van der Waals surface area contributed by atoms with E-state index in [0.29, 0.717) is 5.13 Å². The van der Waals surface area contributed by atoms with Gasteiger partial charge >= 0.3 is 0 Å². The summed E-state index contributed by atoms with van der Waals surface area (Å²) in [6.07, 6.45) is 5.08. The molecule has 0 bridgehead atoms. The molecule has 1 aromatic rings. The van der Waals surface area contributed by atoms with Crippen LogP contribution in [-0.4, -0.2) is 4.98 Å². The molecular weight excluding hydrogens is 144 g/mol. The largest absolute Gasteiger partial charge is 0.375 e. The molecule has 0 atom stereocenters. The molecule has 0 aliphatic carbocycles. The van der Waals surface area contributed by atoms with Crippen molar-refractivity contribution in [3.63, 3.8) is 0 Å². The summed E-state index contributed by atoms with van der Waals surface area (Å²) in [7, 11) is 0. The lowest BCUT2D eigenvalue weighted by atomic mass is 10.4. The molecule has 1 rings (SSSR count). The predicted octanol–water partition coefficient (Wildman–Crippen LogP) is 2.15. The zero-order valence-corrected chi connectivity index (χ0v) is 6.69. The number of aromatic nitrogens is 1. The molecule has 0 radical (unpaired) electrons. The number of rotatable bonds is 2. The Labute approximate surface area is 64.4 Å². The number of hydrogen-bond donors (Lipinski definition) is 1. The maximum absolute atomic E-state index is 5.42. The highest BCUT2D eigenvalue weighted by molar-refractivity contribution is 7.13. The normalized spacial score (nSPS) is 10.9. The van der Waals surface area contributed by atoms with E-state index in [1.165, 1.54) is 11.3 Å². The maximum Gasteiger partial charge on any atom is 0.180 e. The van der Waals surface area contributed by atoms with Gasteiger partial charge in [0.2, 0.25) is 0 Å². The van der Waals surface area contributed by atoms with Gasteiger partial charge in [-0.15, -0.1) is 11.3 Å². The number of allylic oxidation sites excluding steroid dienone is 1. The van der Waals surface area contributed by atoms with Gasteiger partial charge in [-0.2, -0.15) is 0 Å². The zero-order valence-electron chi connectivity index (χ0n) is 5.87. The van der Waals surface area contributed by atoms with Crippen LogP contribution in [0.2, 0.25) is 0 Å². The first kappa shape index (κ1) is 7.28. The summed E-state index contributed by atoms with van der Waals surface area (Å²) in [5.41, 5.74) is 6.39. The highest BCUT2D eigenvalue weighted by Gasteiger charge is 1.90. The van der Waals surface area contributed by atoms with Crippen LogP contribution in [0.3, 0.4) is 0 Å². The van der Waals surface area contributed by atoms with E-state index >= 15 is 0 Å². The van der Waals surface area contributed by atoms with E-state index < -0.39 is 0 Å².